The molecule has 29 heavy (non-hydrogen) atoms. The molecule has 0 spiro atoms. The summed E-state index contributed by atoms with van der Waals surface area (Å²) in [6.45, 7) is 2.27. The van der Waals surface area contributed by atoms with Crippen molar-refractivity contribution in [1.29, 1.82) is 0 Å². The average molecular weight is 404 g/mol. The molecule has 0 saturated heterocycles. The van der Waals surface area contributed by atoms with E-state index < -0.39 is 0 Å². The van der Waals surface area contributed by atoms with Crippen LogP contribution in [0.3, 0.4) is 0 Å². The first-order valence-corrected chi connectivity index (χ1v) is 12.1. The number of ether oxygens (including phenoxy) is 1. The van der Waals surface area contributed by atoms with Gasteiger partial charge >= 0.3 is 0 Å². The highest BCUT2D eigenvalue weighted by atomic mass is 16.5. The predicted molar refractivity (Wildman–Crippen MR) is 124 cm³/mol. The number of hydrogen-bond acceptors (Lipinski definition) is 2. The van der Waals surface area contributed by atoms with Crippen LogP contribution in [0, 0.1) is 5.92 Å². The summed E-state index contributed by atoms with van der Waals surface area (Å²) in [4.78, 5) is 12.0. The van der Waals surface area contributed by atoms with Crippen molar-refractivity contribution in [2.45, 2.75) is 109 Å². The van der Waals surface area contributed by atoms with Crippen molar-refractivity contribution in [3.8, 4) is 0 Å². The molecule has 1 aromatic rings. The van der Waals surface area contributed by atoms with E-state index >= 15 is 0 Å². The number of methoxy groups -OCH3 is 1. The number of primary amides is 1. The third kappa shape index (κ3) is 12.1. The first kappa shape index (κ1) is 25.7. The Bertz CT molecular complexity index is 503. The molecule has 0 aliphatic rings. The van der Waals surface area contributed by atoms with Gasteiger partial charge in [-0.25, -0.2) is 0 Å². The van der Waals surface area contributed by atoms with Crippen LogP contribution < -0.4 is 5.73 Å². The molecule has 0 bridgehead atoms. The molecule has 0 heterocycles. The number of rotatable bonds is 19. The van der Waals surface area contributed by atoms with Crippen LogP contribution in [0.2, 0.25) is 0 Å². The van der Waals surface area contributed by atoms with Gasteiger partial charge in [0, 0.05) is 7.11 Å². The second-order valence-corrected chi connectivity index (χ2v) is 8.46. The molecule has 1 rings (SSSR count). The molecule has 0 fully saturated rings. The molecule has 1 amide bonds. The van der Waals surface area contributed by atoms with Gasteiger partial charge in [-0.2, -0.15) is 0 Å². The number of carbonyl (C=O) groups excluding carboxylic acids is 1. The maximum atomic E-state index is 12.0. The molecular formula is C26H45NO2. The summed E-state index contributed by atoms with van der Waals surface area (Å²) in [6.07, 6.45) is 19.3. The maximum Gasteiger partial charge on any atom is 0.223 e. The van der Waals surface area contributed by atoms with E-state index in [1.165, 1.54) is 83.5 Å². The van der Waals surface area contributed by atoms with Gasteiger partial charge in [0.2, 0.25) is 5.91 Å². The average Bonchev–Trinajstić information content (AvgIpc) is 2.73. The van der Waals surface area contributed by atoms with Crippen LogP contribution in [0.4, 0.5) is 0 Å². The molecule has 0 aromatic heterocycles. The largest absolute Gasteiger partial charge is 0.376 e. The van der Waals surface area contributed by atoms with E-state index in [-0.39, 0.29) is 17.9 Å². The lowest BCUT2D eigenvalue weighted by Gasteiger charge is -2.24. The van der Waals surface area contributed by atoms with E-state index in [0.717, 1.165) is 18.4 Å². The number of carbonyl (C=O) groups is 1. The summed E-state index contributed by atoms with van der Waals surface area (Å²) in [5.74, 6) is -0.505. The van der Waals surface area contributed by atoms with Gasteiger partial charge < -0.3 is 10.5 Å². The monoisotopic (exact) mass is 403 g/mol. The zero-order chi connectivity index (χ0) is 21.2. The molecule has 0 saturated carbocycles. The van der Waals surface area contributed by atoms with Gasteiger partial charge in [0.1, 0.15) is 0 Å². The Morgan fingerprint density at radius 3 is 1.66 bits per heavy atom. The number of unbranched alkanes of at least 4 members (excludes halogenated alkanes) is 13. The Balaban J connectivity index is 2.08. The van der Waals surface area contributed by atoms with Crippen LogP contribution in [0.1, 0.15) is 115 Å². The van der Waals surface area contributed by atoms with Crippen molar-refractivity contribution in [2.75, 3.05) is 7.11 Å². The lowest BCUT2D eigenvalue weighted by Crippen LogP contribution is -2.29. The lowest BCUT2D eigenvalue weighted by molar-refractivity contribution is -0.126. The second kappa shape index (κ2) is 17.5. The van der Waals surface area contributed by atoms with Crippen molar-refractivity contribution < 1.29 is 9.53 Å². The number of benzene rings is 1. The Kier molecular flexibility index (Phi) is 15.5. The van der Waals surface area contributed by atoms with Crippen molar-refractivity contribution in [3.63, 3.8) is 0 Å². The zero-order valence-corrected chi connectivity index (χ0v) is 19.0. The van der Waals surface area contributed by atoms with Gasteiger partial charge in [-0.15, -0.1) is 0 Å². The SMILES string of the molecule is CCCCCCCCCCCCCCCCC(C(N)=O)C(OC)c1ccccc1. The minimum absolute atomic E-state index is 0.240. The van der Waals surface area contributed by atoms with E-state index in [1.807, 2.05) is 30.3 Å². The zero-order valence-electron chi connectivity index (χ0n) is 19.0. The normalized spacial score (nSPS) is 13.3. The van der Waals surface area contributed by atoms with Crippen molar-refractivity contribution in [3.05, 3.63) is 35.9 Å². The topological polar surface area (TPSA) is 52.3 Å². The minimum Gasteiger partial charge on any atom is -0.376 e. The highest BCUT2D eigenvalue weighted by Crippen LogP contribution is 2.29. The minimum atomic E-state index is -0.254. The highest BCUT2D eigenvalue weighted by molar-refractivity contribution is 5.77. The first-order valence-electron chi connectivity index (χ1n) is 12.1. The number of hydrogen-bond donors (Lipinski definition) is 1. The first-order chi connectivity index (χ1) is 14.2. The van der Waals surface area contributed by atoms with Gasteiger partial charge in [0.15, 0.2) is 0 Å². The quantitative estimate of drug-likeness (QED) is 0.245. The van der Waals surface area contributed by atoms with Gasteiger partial charge in [0.05, 0.1) is 12.0 Å². The maximum absolute atomic E-state index is 12.0. The molecule has 3 nitrogen and oxygen atoms in total. The summed E-state index contributed by atoms with van der Waals surface area (Å²) in [6, 6.07) is 9.95. The van der Waals surface area contributed by atoms with E-state index in [0.29, 0.717) is 0 Å². The second-order valence-electron chi connectivity index (χ2n) is 8.46. The molecule has 2 unspecified atom stereocenters. The molecule has 2 atom stereocenters. The van der Waals surface area contributed by atoms with Crippen molar-refractivity contribution in [1.82, 2.24) is 0 Å². The molecule has 0 aliphatic carbocycles. The van der Waals surface area contributed by atoms with E-state index in [9.17, 15) is 4.79 Å². The molecule has 3 heteroatoms. The highest BCUT2D eigenvalue weighted by Gasteiger charge is 2.27. The molecule has 0 radical (unpaired) electrons. The third-order valence-corrected chi connectivity index (χ3v) is 5.98. The molecular weight excluding hydrogens is 358 g/mol. The molecule has 1 aromatic carbocycles. The van der Waals surface area contributed by atoms with Crippen LogP contribution in [0.15, 0.2) is 30.3 Å². The van der Waals surface area contributed by atoms with Gasteiger partial charge in [-0.1, -0.05) is 127 Å². The van der Waals surface area contributed by atoms with Crippen LogP contribution in [-0.4, -0.2) is 13.0 Å². The van der Waals surface area contributed by atoms with Gasteiger partial charge in [0.25, 0.3) is 0 Å². The fraction of sp³-hybridized carbons (Fsp3) is 0.731. The summed E-state index contributed by atoms with van der Waals surface area (Å²) in [7, 11) is 1.67. The summed E-state index contributed by atoms with van der Waals surface area (Å²) in [5, 5.41) is 0. The predicted octanol–water partition coefficient (Wildman–Crippen LogP) is 7.35. The Morgan fingerprint density at radius 1 is 0.793 bits per heavy atom. The van der Waals surface area contributed by atoms with Crippen LogP contribution in [0.25, 0.3) is 0 Å². The standard InChI is InChI=1S/C26H45NO2/c1-3-4-5-6-7-8-9-10-11-12-13-14-15-19-22-24(26(27)28)25(29-2)23-20-17-16-18-21-23/h16-18,20-21,24-25H,3-15,19,22H2,1-2H3,(H2,27,28). The lowest BCUT2D eigenvalue weighted by atomic mass is 9.90. The Morgan fingerprint density at radius 2 is 1.24 bits per heavy atom. The molecule has 2 N–H and O–H groups in total. The summed E-state index contributed by atoms with van der Waals surface area (Å²) >= 11 is 0. The molecule has 0 aliphatic heterocycles. The number of nitrogens with two attached hydrogens (primary N) is 1. The van der Waals surface area contributed by atoms with E-state index in [4.69, 9.17) is 10.5 Å². The van der Waals surface area contributed by atoms with Crippen molar-refractivity contribution in [2.24, 2.45) is 11.7 Å². The smallest absolute Gasteiger partial charge is 0.223 e. The Labute approximate surface area is 179 Å². The van der Waals surface area contributed by atoms with Crippen LogP contribution in [-0.2, 0) is 9.53 Å². The van der Waals surface area contributed by atoms with E-state index in [2.05, 4.69) is 6.92 Å². The summed E-state index contributed by atoms with van der Waals surface area (Å²) < 4.78 is 5.63. The van der Waals surface area contributed by atoms with Crippen LogP contribution >= 0.6 is 0 Å². The number of amides is 1. The van der Waals surface area contributed by atoms with Gasteiger partial charge in [-0.3, -0.25) is 4.79 Å². The summed E-state index contributed by atoms with van der Waals surface area (Å²) in [5.41, 5.74) is 6.72. The fourth-order valence-electron chi connectivity index (χ4n) is 4.18. The molecule has 166 valence electrons. The van der Waals surface area contributed by atoms with Gasteiger partial charge in [-0.05, 0) is 12.0 Å². The van der Waals surface area contributed by atoms with Crippen molar-refractivity contribution >= 4 is 5.91 Å². The fourth-order valence-corrected chi connectivity index (χ4v) is 4.18. The van der Waals surface area contributed by atoms with Crippen LogP contribution in [0.5, 0.6) is 0 Å². The third-order valence-electron chi connectivity index (χ3n) is 5.98. The Hall–Kier alpha value is -1.35. The van der Waals surface area contributed by atoms with E-state index in [1.54, 1.807) is 7.11 Å².